The molecule has 1 fully saturated rings. The zero-order chi connectivity index (χ0) is 10.9. The maximum atomic E-state index is 2.53. The van der Waals surface area contributed by atoms with Gasteiger partial charge in [-0.1, -0.05) is 20.8 Å². The summed E-state index contributed by atoms with van der Waals surface area (Å²) in [4.78, 5) is 2.53. The van der Waals surface area contributed by atoms with E-state index in [0.29, 0.717) is 11.5 Å². The molecule has 0 spiro atoms. The minimum absolute atomic E-state index is 0.520. The van der Waals surface area contributed by atoms with Crippen molar-refractivity contribution < 1.29 is 0 Å². The van der Waals surface area contributed by atoms with Crippen LogP contribution in [-0.2, 0) is 0 Å². The molecule has 0 unspecified atom stereocenters. The van der Waals surface area contributed by atoms with Gasteiger partial charge in [0.2, 0.25) is 0 Å². The molecule has 0 aliphatic heterocycles. The summed E-state index contributed by atoms with van der Waals surface area (Å²) in [6.07, 6.45) is 4.24. The molecule has 0 N–H and O–H groups in total. The first kappa shape index (κ1) is 12.0. The van der Waals surface area contributed by atoms with Crippen molar-refractivity contribution in [3.05, 3.63) is 0 Å². The third-order valence-electron chi connectivity index (χ3n) is 3.50. The van der Waals surface area contributed by atoms with Gasteiger partial charge in [-0.25, -0.2) is 0 Å². The Bertz CT molecular complexity index is 172. The van der Waals surface area contributed by atoms with Crippen LogP contribution in [-0.4, -0.2) is 24.0 Å². The summed E-state index contributed by atoms with van der Waals surface area (Å²) in [7, 11) is 2.27. The van der Waals surface area contributed by atoms with E-state index in [1.165, 1.54) is 19.3 Å². The van der Waals surface area contributed by atoms with Crippen LogP contribution in [0.1, 0.15) is 53.9 Å². The summed E-state index contributed by atoms with van der Waals surface area (Å²) < 4.78 is 0. The van der Waals surface area contributed by atoms with Crippen molar-refractivity contribution in [2.24, 2.45) is 11.3 Å². The Labute approximate surface area is 89.9 Å². The third kappa shape index (κ3) is 3.27. The number of rotatable bonds is 3. The standard InChI is InChI=1S/C13H27N/c1-10(2)14(6)12-7-11(8-12)9-13(3,4)5/h10-12H,7-9H2,1-6H3. The molecule has 84 valence electrons. The van der Waals surface area contributed by atoms with E-state index in [1.807, 2.05) is 0 Å². The Balaban J connectivity index is 2.24. The van der Waals surface area contributed by atoms with Crippen LogP contribution >= 0.6 is 0 Å². The van der Waals surface area contributed by atoms with E-state index in [-0.39, 0.29) is 0 Å². The summed E-state index contributed by atoms with van der Waals surface area (Å²) in [5, 5.41) is 0. The quantitative estimate of drug-likeness (QED) is 0.669. The van der Waals surface area contributed by atoms with Crippen molar-refractivity contribution >= 4 is 0 Å². The Morgan fingerprint density at radius 3 is 2.07 bits per heavy atom. The summed E-state index contributed by atoms with van der Waals surface area (Å²) in [6.45, 7) is 11.6. The minimum atomic E-state index is 0.520. The zero-order valence-corrected chi connectivity index (χ0v) is 10.8. The SMILES string of the molecule is CC(C)N(C)C1CC(CC(C)(C)C)C1. The van der Waals surface area contributed by atoms with Gasteiger partial charge in [-0.2, -0.15) is 0 Å². The normalized spacial score (nSPS) is 28.3. The monoisotopic (exact) mass is 197 g/mol. The first-order valence-corrected chi connectivity index (χ1v) is 6.01. The largest absolute Gasteiger partial charge is 0.301 e. The van der Waals surface area contributed by atoms with E-state index < -0.39 is 0 Å². The Morgan fingerprint density at radius 1 is 1.21 bits per heavy atom. The van der Waals surface area contributed by atoms with Crippen molar-refractivity contribution in [3.8, 4) is 0 Å². The molecule has 1 saturated carbocycles. The van der Waals surface area contributed by atoms with Gasteiger partial charge < -0.3 is 4.90 Å². The molecule has 1 heteroatoms. The highest BCUT2D eigenvalue weighted by Gasteiger charge is 2.34. The lowest BCUT2D eigenvalue weighted by Gasteiger charge is -2.45. The topological polar surface area (TPSA) is 3.24 Å². The highest BCUT2D eigenvalue weighted by molar-refractivity contribution is 4.88. The van der Waals surface area contributed by atoms with Crippen LogP contribution in [0.3, 0.4) is 0 Å². The van der Waals surface area contributed by atoms with Crippen molar-refractivity contribution in [3.63, 3.8) is 0 Å². The molecule has 0 aromatic carbocycles. The van der Waals surface area contributed by atoms with Crippen LogP contribution in [0.15, 0.2) is 0 Å². The molecular formula is C13H27N. The second-order valence-electron chi connectivity index (χ2n) is 6.52. The lowest BCUT2D eigenvalue weighted by atomic mass is 9.71. The first-order valence-electron chi connectivity index (χ1n) is 6.01. The highest BCUT2D eigenvalue weighted by atomic mass is 15.2. The summed E-state index contributed by atoms with van der Waals surface area (Å²) in [6, 6.07) is 1.57. The van der Waals surface area contributed by atoms with Gasteiger partial charge in [0.1, 0.15) is 0 Å². The molecule has 0 atom stereocenters. The number of hydrogen-bond donors (Lipinski definition) is 0. The highest BCUT2D eigenvalue weighted by Crippen LogP contribution is 2.39. The van der Waals surface area contributed by atoms with Crippen LogP contribution in [0.4, 0.5) is 0 Å². The van der Waals surface area contributed by atoms with Crippen LogP contribution in [0.5, 0.6) is 0 Å². The molecule has 0 amide bonds. The lowest BCUT2D eigenvalue weighted by Crippen LogP contribution is -2.46. The van der Waals surface area contributed by atoms with E-state index in [4.69, 9.17) is 0 Å². The lowest BCUT2D eigenvalue weighted by molar-refractivity contribution is 0.0561. The average molecular weight is 197 g/mol. The second kappa shape index (κ2) is 4.22. The second-order valence-corrected chi connectivity index (χ2v) is 6.52. The van der Waals surface area contributed by atoms with Crippen molar-refractivity contribution in [2.45, 2.75) is 66.0 Å². The molecule has 0 saturated heterocycles. The zero-order valence-electron chi connectivity index (χ0n) is 10.8. The third-order valence-corrected chi connectivity index (χ3v) is 3.50. The average Bonchev–Trinajstić information content (AvgIpc) is 1.92. The fourth-order valence-corrected chi connectivity index (χ4v) is 2.49. The van der Waals surface area contributed by atoms with Crippen molar-refractivity contribution in [2.75, 3.05) is 7.05 Å². The van der Waals surface area contributed by atoms with Gasteiger partial charge in [-0.3, -0.25) is 0 Å². The van der Waals surface area contributed by atoms with Crippen molar-refractivity contribution in [1.29, 1.82) is 0 Å². The van der Waals surface area contributed by atoms with Gasteiger partial charge >= 0.3 is 0 Å². The molecule has 1 nitrogen and oxygen atoms in total. The Kier molecular flexibility index (Phi) is 3.63. The minimum Gasteiger partial charge on any atom is -0.301 e. The summed E-state index contributed by atoms with van der Waals surface area (Å²) in [5.41, 5.74) is 0.520. The van der Waals surface area contributed by atoms with Gasteiger partial charge in [-0.05, 0) is 51.5 Å². The van der Waals surface area contributed by atoms with E-state index in [1.54, 1.807) is 0 Å². The van der Waals surface area contributed by atoms with Gasteiger partial charge in [0.15, 0.2) is 0 Å². The molecule has 1 rings (SSSR count). The maximum absolute atomic E-state index is 2.53. The molecule has 0 heterocycles. The van der Waals surface area contributed by atoms with E-state index in [0.717, 1.165) is 12.0 Å². The molecule has 0 bridgehead atoms. The molecule has 1 aliphatic carbocycles. The Morgan fingerprint density at radius 2 is 1.71 bits per heavy atom. The fourth-order valence-electron chi connectivity index (χ4n) is 2.49. The molecule has 14 heavy (non-hydrogen) atoms. The smallest absolute Gasteiger partial charge is 0.0100 e. The van der Waals surface area contributed by atoms with Crippen LogP contribution in [0, 0.1) is 11.3 Å². The fraction of sp³-hybridized carbons (Fsp3) is 1.00. The van der Waals surface area contributed by atoms with Crippen molar-refractivity contribution in [1.82, 2.24) is 4.90 Å². The van der Waals surface area contributed by atoms with Crippen LogP contribution in [0.25, 0.3) is 0 Å². The van der Waals surface area contributed by atoms with E-state index >= 15 is 0 Å². The van der Waals surface area contributed by atoms with Gasteiger partial charge in [-0.15, -0.1) is 0 Å². The Hall–Kier alpha value is -0.0400. The van der Waals surface area contributed by atoms with Gasteiger partial charge in [0.25, 0.3) is 0 Å². The predicted octanol–water partition coefficient (Wildman–Crippen LogP) is 3.54. The van der Waals surface area contributed by atoms with Gasteiger partial charge in [0.05, 0.1) is 0 Å². The number of nitrogens with zero attached hydrogens (tertiary/aromatic N) is 1. The van der Waals surface area contributed by atoms with Crippen LogP contribution in [0.2, 0.25) is 0 Å². The maximum Gasteiger partial charge on any atom is 0.0100 e. The number of hydrogen-bond acceptors (Lipinski definition) is 1. The summed E-state index contributed by atoms with van der Waals surface area (Å²) in [5.74, 6) is 0.987. The molecular weight excluding hydrogens is 170 g/mol. The van der Waals surface area contributed by atoms with E-state index in [2.05, 4.69) is 46.6 Å². The molecule has 0 radical (unpaired) electrons. The van der Waals surface area contributed by atoms with E-state index in [9.17, 15) is 0 Å². The molecule has 0 aromatic heterocycles. The summed E-state index contributed by atoms with van der Waals surface area (Å²) >= 11 is 0. The first-order chi connectivity index (χ1) is 6.29. The van der Waals surface area contributed by atoms with Gasteiger partial charge in [0, 0.05) is 12.1 Å². The molecule has 1 aliphatic rings. The van der Waals surface area contributed by atoms with Crippen LogP contribution < -0.4 is 0 Å². The predicted molar refractivity (Wildman–Crippen MR) is 63.5 cm³/mol. The molecule has 0 aromatic rings.